The molecule has 0 amide bonds. The van der Waals surface area contributed by atoms with Gasteiger partial charge in [0.2, 0.25) is 5.78 Å². The maximum atomic E-state index is 12.7. The topological polar surface area (TPSA) is 121 Å². The molecular weight excluding hydrogens is 410 g/mol. The van der Waals surface area contributed by atoms with E-state index in [2.05, 4.69) is 0 Å². The lowest BCUT2D eigenvalue weighted by Gasteiger charge is -2.17. The van der Waals surface area contributed by atoms with E-state index in [4.69, 9.17) is 4.74 Å². The van der Waals surface area contributed by atoms with E-state index in [1.165, 1.54) is 0 Å². The number of carbonyl (C=O) groups is 2. The van der Waals surface area contributed by atoms with Crippen molar-refractivity contribution in [1.82, 2.24) is 0 Å². The van der Waals surface area contributed by atoms with E-state index < -0.39 is 37.9 Å². The van der Waals surface area contributed by atoms with Gasteiger partial charge in [-0.3, -0.25) is 14.9 Å². The van der Waals surface area contributed by atoms with E-state index in [1.807, 2.05) is 34.6 Å². The third-order valence-corrected chi connectivity index (χ3v) is 6.55. The molecule has 0 aromatic heterocycles. The first-order chi connectivity index (χ1) is 13.8. The van der Waals surface area contributed by atoms with Crippen molar-refractivity contribution in [2.45, 2.75) is 39.5 Å². The number of esters is 1. The highest BCUT2D eigenvalue weighted by molar-refractivity contribution is 7.90. The first-order valence-corrected chi connectivity index (χ1v) is 10.9. The molecule has 0 bridgehead atoms. The fraction of sp³-hybridized carbons (Fsp3) is 0.333. The fourth-order valence-corrected chi connectivity index (χ4v) is 4.13. The van der Waals surface area contributed by atoms with E-state index >= 15 is 0 Å². The molecule has 0 saturated carbocycles. The second-order valence-electron chi connectivity index (χ2n) is 7.21. The number of ether oxygens (including phenoxy) is 1. The third kappa shape index (κ3) is 4.40. The Kier molecular flexibility index (Phi) is 6.46. The van der Waals surface area contributed by atoms with Crippen LogP contribution in [0.1, 0.15) is 48.5 Å². The zero-order valence-electron chi connectivity index (χ0n) is 17.7. The Balaban J connectivity index is 2.30. The summed E-state index contributed by atoms with van der Waals surface area (Å²) < 4.78 is 28.4. The Labute approximate surface area is 174 Å². The molecule has 2 aromatic rings. The Hall–Kier alpha value is -3.07. The van der Waals surface area contributed by atoms with Gasteiger partial charge in [0.05, 0.1) is 10.5 Å². The Bertz CT molecular complexity index is 1150. The zero-order valence-corrected chi connectivity index (χ0v) is 18.5. The standard InChI is InChI=1S/C21H23NO7S/c1-11-12(2)14(4)20(15(5)13(11)3)18(23)10-29-21(24)16-7-8-19(30(6,27)28)17(9-16)22(25)26/h7-9H,10H2,1-6H3. The average Bonchev–Trinajstić information content (AvgIpc) is 2.67. The summed E-state index contributed by atoms with van der Waals surface area (Å²) >= 11 is 0. The number of nitrogens with zero attached hydrogens (tertiary/aromatic N) is 1. The highest BCUT2D eigenvalue weighted by atomic mass is 32.2. The van der Waals surface area contributed by atoms with Gasteiger partial charge in [-0.05, 0) is 74.6 Å². The molecule has 0 heterocycles. The fourth-order valence-electron chi connectivity index (χ4n) is 3.31. The van der Waals surface area contributed by atoms with E-state index in [9.17, 15) is 28.1 Å². The molecule has 0 spiro atoms. The van der Waals surface area contributed by atoms with Crippen LogP contribution in [0.4, 0.5) is 5.69 Å². The smallest absolute Gasteiger partial charge is 0.338 e. The number of Topliss-reactive ketones (excluding diaryl/α,β-unsaturated/α-hetero) is 1. The number of rotatable bonds is 6. The van der Waals surface area contributed by atoms with Gasteiger partial charge < -0.3 is 4.74 Å². The SMILES string of the molecule is Cc1c(C)c(C)c(C(=O)COC(=O)c2ccc(S(C)(=O)=O)c([N+](=O)[O-])c2)c(C)c1C. The van der Waals surface area contributed by atoms with Gasteiger partial charge in [-0.1, -0.05) is 0 Å². The molecule has 0 saturated heterocycles. The monoisotopic (exact) mass is 433 g/mol. The van der Waals surface area contributed by atoms with Gasteiger partial charge in [0.1, 0.15) is 4.90 Å². The van der Waals surface area contributed by atoms with Crippen LogP contribution in [0.25, 0.3) is 0 Å². The minimum atomic E-state index is -3.85. The van der Waals surface area contributed by atoms with Crippen molar-refractivity contribution in [2.75, 3.05) is 12.9 Å². The first kappa shape index (κ1) is 23.2. The van der Waals surface area contributed by atoms with E-state index in [0.717, 1.165) is 52.3 Å². The van der Waals surface area contributed by atoms with E-state index in [0.29, 0.717) is 5.56 Å². The van der Waals surface area contributed by atoms with Crippen molar-refractivity contribution in [3.8, 4) is 0 Å². The van der Waals surface area contributed by atoms with Gasteiger partial charge in [0, 0.05) is 17.9 Å². The molecule has 9 heteroatoms. The summed E-state index contributed by atoms with van der Waals surface area (Å²) in [6, 6.07) is 2.93. The van der Waals surface area contributed by atoms with Gasteiger partial charge in [-0.15, -0.1) is 0 Å². The Morgan fingerprint density at radius 3 is 1.93 bits per heavy atom. The molecule has 0 aliphatic rings. The first-order valence-electron chi connectivity index (χ1n) is 9.03. The number of ketones is 1. The van der Waals surface area contributed by atoms with Crippen molar-refractivity contribution in [1.29, 1.82) is 0 Å². The quantitative estimate of drug-likeness (QED) is 0.295. The molecule has 0 fully saturated rings. The van der Waals surface area contributed by atoms with Crippen molar-refractivity contribution in [3.63, 3.8) is 0 Å². The average molecular weight is 433 g/mol. The van der Waals surface area contributed by atoms with Gasteiger partial charge in [-0.2, -0.15) is 0 Å². The second kappa shape index (κ2) is 8.35. The third-order valence-electron chi connectivity index (χ3n) is 5.40. The summed E-state index contributed by atoms with van der Waals surface area (Å²) in [7, 11) is -3.85. The lowest BCUT2D eigenvalue weighted by molar-refractivity contribution is -0.387. The molecular formula is C21H23NO7S. The molecule has 0 N–H and O–H groups in total. The van der Waals surface area contributed by atoms with E-state index in [1.54, 1.807) is 0 Å². The van der Waals surface area contributed by atoms with Crippen LogP contribution < -0.4 is 0 Å². The predicted molar refractivity (Wildman–Crippen MR) is 111 cm³/mol. The van der Waals surface area contributed by atoms with Crippen LogP contribution in [0.5, 0.6) is 0 Å². The summed E-state index contributed by atoms with van der Waals surface area (Å²) in [6.07, 6.45) is 0.836. The molecule has 160 valence electrons. The number of benzene rings is 2. The van der Waals surface area contributed by atoms with Crippen molar-refractivity contribution < 1.29 is 27.7 Å². The maximum Gasteiger partial charge on any atom is 0.338 e. The number of sulfone groups is 1. The molecule has 30 heavy (non-hydrogen) atoms. The highest BCUT2D eigenvalue weighted by Gasteiger charge is 2.25. The molecule has 0 atom stereocenters. The minimum absolute atomic E-state index is 0.216. The maximum absolute atomic E-state index is 12.7. The van der Waals surface area contributed by atoms with Crippen molar-refractivity contribution in [3.05, 3.63) is 67.3 Å². The Morgan fingerprint density at radius 1 is 0.967 bits per heavy atom. The van der Waals surface area contributed by atoms with Crippen LogP contribution in [0, 0.1) is 44.7 Å². The van der Waals surface area contributed by atoms with Crippen LogP contribution in [0.15, 0.2) is 23.1 Å². The zero-order chi connectivity index (χ0) is 23.0. The summed E-state index contributed by atoms with van der Waals surface area (Å²) in [5.74, 6) is -1.34. The Morgan fingerprint density at radius 2 is 1.47 bits per heavy atom. The summed E-state index contributed by atoms with van der Waals surface area (Å²) in [5, 5.41) is 11.2. The van der Waals surface area contributed by atoms with Crippen molar-refractivity contribution in [2.24, 2.45) is 0 Å². The summed E-state index contributed by atoms with van der Waals surface area (Å²) in [5.41, 5.74) is 4.23. The van der Waals surface area contributed by atoms with Gasteiger partial charge in [-0.25, -0.2) is 13.2 Å². The minimum Gasteiger partial charge on any atom is -0.454 e. The van der Waals surface area contributed by atoms with Gasteiger partial charge >= 0.3 is 5.97 Å². The summed E-state index contributed by atoms with van der Waals surface area (Å²) in [6.45, 7) is 8.94. The lowest BCUT2D eigenvalue weighted by atomic mass is 9.88. The number of nitro groups is 1. The molecule has 2 aromatic carbocycles. The highest BCUT2D eigenvalue weighted by Crippen LogP contribution is 2.27. The van der Waals surface area contributed by atoms with Crippen LogP contribution in [-0.2, 0) is 14.6 Å². The molecule has 8 nitrogen and oxygen atoms in total. The van der Waals surface area contributed by atoms with Crippen LogP contribution in [0.3, 0.4) is 0 Å². The van der Waals surface area contributed by atoms with Gasteiger partial charge in [0.25, 0.3) is 5.69 Å². The molecule has 0 aliphatic heterocycles. The second-order valence-corrected chi connectivity index (χ2v) is 9.20. The molecule has 0 aliphatic carbocycles. The molecule has 0 radical (unpaired) electrons. The number of nitro benzene ring substituents is 1. The number of hydrogen-bond donors (Lipinski definition) is 0. The van der Waals surface area contributed by atoms with Crippen LogP contribution in [-0.4, -0.2) is 38.0 Å². The summed E-state index contributed by atoms with van der Waals surface area (Å²) in [4.78, 5) is 34.9. The normalized spacial score (nSPS) is 11.3. The molecule has 2 rings (SSSR count). The van der Waals surface area contributed by atoms with E-state index in [-0.39, 0.29) is 11.3 Å². The predicted octanol–water partition coefficient (Wildman–Crippen LogP) is 3.58. The largest absolute Gasteiger partial charge is 0.454 e. The molecule has 0 unspecified atom stereocenters. The van der Waals surface area contributed by atoms with Gasteiger partial charge in [0.15, 0.2) is 16.4 Å². The lowest BCUT2D eigenvalue weighted by Crippen LogP contribution is -2.18. The van der Waals surface area contributed by atoms with Crippen LogP contribution >= 0.6 is 0 Å². The number of carbonyl (C=O) groups excluding carboxylic acids is 2. The van der Waals surface area contributed by atoms with Crippen molar-refractivity contribution >= 4 is 27.3 Å². The number of hydrogen-bond acceptors (Lipinski definition) is 7. The van der Waals surface area contributed by atoms with Crippen LogP contribution in [0.2, 0.25) is 0 Å².